The minimum Gasteiger partial charge on any atom is -0.482 e. The van der Waals surface area contributed by atoms with Crippen molar-refractivity contribution in [2.75, 3.05) is 19.7 Å². The maximum Gasteiger partial charge on any atom is 0.344 e. The number of ether oxygens (including phenoxy) is 2. The van der Waals surface area contributed by atoms with E-state index in [4.69, 9.17) is 9.47 Å². The van der Waals surface area contributed by atoms with Crippen LogP contribution in [0.25, 0.3) is 0 Å². The number of aromatic nitrogens is 3. The Hall–Kier alpha value is -3.19. The van der Waals surface area contributed by atoms with Gasteiger partial charge in [0.15, 0.2) is 6.61 Å². The van der Waals surface area contributed by atoms with Gasteiger partial charge in [-0.05, 0) is 68.8 Å². The molecule has 2 aromatic carbocycles. The van der Waals surface area contributed by atoms with Crippen LogP contribution < -0.4 is 4.74 Å². The van der Waals surface area contributed by atoms with Crippen molar-refractivity contribution >= 4 is 5.97 Å². The molecule has 0 unspecified atom stereocenters. The van der Waals surface area contributed by atoms with E-state index in [1.807, 2.05) is 41.2 Å². The monoisotopic (exact) mass is 474 g/mol. The highest BCUT2D eigenvalue weighted by Gasteiger charge is 2.31. The van der Waals surface area contributed by atoms with Crippen LogP contribution in [0.3, 0.4) is 0 Å². The van der Waals surface area contributed by atoms with Crippen molar-refractivity contribution in [3.63, 3.8) is 0 Å². The zero-order valence-electron chi connectivity index (χ0n) is 20.2. The molecule has 1 aromatic heterocycles. The molecule has 3 aromatic rings. The molecule has 2 aliphatic rings. The quantitative estimate of drug-likeness (QED) is 0.438. The summed E-state index contributed by atoms with van der Waals surface area (Å²) in [7, 11) is 0. The van der Waals surface area contributed by atoms with Crippen LogP contribution in [0.1, 0.15) is 61.7 Å². The van der Waals surface area contributed by atoms with Gasteiger partial charge in [-0.15, -0.1) is 5.10 Å². The van der Waals surface area contributed by atoms with E-state index in [-0.39, 0.29) is 24.7 Å². The van der Waals surface area contributed by atoms with E-state index in [0.717, 1.165) is 51.0 Å². The van der Waals surface area contributed by atoms with E-state index in [1.54, 1.807) is 0 Å². The first-order valence-corrected chi connectivity index (χ1v) is 12.8. The Labute approximate surface area is 207 Å². The molecular formula is C28H34N4O3. The molecule has 0 amide bonds. The van der Waals surface area contributed by atoms with Crippen molar-refractivity contribution in [1.82, 2.24) is 19.9 Å². The normalized spacial score (nSPS) is 21.5. The van der Waals surface area contributed by atoms with Gasteiger partial charge in [-0.3, -0.25) is 4.90 Å². The van der Waals surface area contributed by atoms with Crippen LogP contribution in [0.5, 0.6) is 5.75 Å². The van der Waals surface area contributed by atoms with E-state index in [2.05, 4.69) is 45.5 Å². The summed E-state index contributed by atoms with van der Waals surface area (Å²) in [5.41, 5.74) is 2.43. The van der Waals surface area contributed by atoms with Crippen molar-refractivity contribution in [2.45, 2.75) is 63.1 Å². The molecule has 2 heterocycles. The summed E-state index contributed by atoms with van der Waals surface area (Å²) in [5.74, 6) is 0.970. The van der Waals surface area contributed by atoms with Gasteiger partial charge in [0.1, 0.15) is 11.9 Å². The summed E-state index contributed by atoms with van der Waals surface area (Å²) in [6, 6.07) is 20.2. The second-order valence-electron chi connectivity index (χ2n) is 9.63. The molecule has 0 bridgehead atoms. The number of carbonyl (C=O) groups is 1. The number of hydrogen-bond donors (Lipinski definition) is 0. The molecular weight excluding hydrogens is 440 g/mol. The zero-order chi connectivity index (χ0) is 23.9. The largest absolute Gasteiger partial charge is 0.482 e. The van der Waals surface area contributed by atoms with Crippen molar-refractivity contribution in [3.05, 3.63) is 78.1 Å². The SMILES string of the molecule is O=C(COc1ccccc1)O[C@@H]1CCCC[C@H]1n1cc(CN2CCC(c3ccccc3)CC2)nn1. The average molecular weight is 475 g/mol. The van der Waals surface area contributed by atoms with E-state index in [1.165, 1.54) is 18.4 Å². The Morgan fingerprint density at radius 3 is 2.40 bits per heavy atom. The molecule has 1 saturated heterocycles. The Kier molecular flexibility index (Phi) is 7.73. The van der Waals surface area contributed by atoms with Crippen molar-refractivity contribution in [2.24, 2.45) is 0 Å². The molecule has 0 spiro atoms. The lowest BCUT2D eigenvalue weighted by Crippen LogP contribution is -2.34. The van der Waals surface area contributed by atoms with Crippen molar-refractivity contribution < 1.29 is 14.3 Å². The van der Waals surface area contributed by atoms with E-state index in [0.29, 0.717) is 11.7 Å². The van der Waals surface area contributed by atoms with Gasteiger partial charge in [-0.25, -0.2) is 9.48 Å². The fraction of sp³-hybridized carbons (Fsp3) is 0.464. The predicted molar refractivity (Wildman–Crippen MR) is 133 cm³/mol. The van der Waals surface area contributed by atoms with Gasteiger partial charge in [0.25, 0.3) is 0 Å². The number of piperidine rings is 1. The van der Waals surface area contributed by atoms with Crippen LogP contribution in [0.15, 0.2) is 66.9 Å². The smallest absolute Gasteiger partial charge is 0.344 e. The molecule has 2 fully saturated rings. The minimum absolute atomic E-state index is 0.0227. The minimum atomic E-state index is -0.340. The summed E-state index contributed by atoms with van der Waals surface area (Å²) in [6.45, 7) is 2.85. The van der Waals surface area contributed by atoms with E-state index >= 15 is 0 Å². The van der Waals surface area contributed by atoms with Crippen LogP contribution in [-0.2, 0) is 16.1 Å². The van der Waals surface area contributed by atoms with Gasteiger partial charge in [0, 0.05) is 6.54 Å². The molecule has 2 atom stereocenters. The fourth-order valence-corrected chi connectivity index (χ4v) is 5.31. The first kappa shape index (κ1) is 23.5. The lowest BCUT2D eigenvalue weighted by atomic mass is 9.89. The highest BCUT2D eigenvalue weighted by Crippen LogP contribution is 2.31. The van der Waals surface area contributed by atoms with E-state index in [9.17, 15) is 4.79 Å². The number of nitrogens with zero attached hydrogens (tertiary/aromatic N) is 4. The molecule has 5 rings (SSSR count). The number of likely N-dealkylation sites (tertiary alicyclic amines) is 1. The third-order valence-electron chi connectivity index (χ3n) is 7.19. The standard InChI is InChI=1S/C28H34N4O3/c33-28(21-34-25-11-5-2-6-12-25)35-27-14-8-7-13-26(27)32-20-24(29-30-32)19-31-17-15-23(16-18-31)22-9-3-1-4-10-22/h1-6,9-12,20,23,26-27H,7-8,13-19,21H2/t26-,27-/m1/s1. The summed E-state index contributed by atoms with van der Waals surface area (Å²) in [5, 5.41) is 8.89. The number of benzene rings is 2. The lowest BCUT2D eigenvalue weighted by Gasteiger charge is -2.32. The van der Waals surface area contributed by atoms with Crippen LogP contribution in [0, 0.1) is 0 Å². The molecule has 0 N–H and O–H groups in total. The molecule has 7 nitrogen and oxygen atoms in total. The van der Waals surface area contributed by atoms with Gasteiger partial charge >= 0.3 is 5.97 Å². The maximum atomic E-state index is 12.5. The highest BCUT2D eigenvalue weighted by atomic mass is 16.6. The lowest BCUT2D eigenvalue weighted by molar-refractivity contribution is -0.155. The Morgan fingerprint density at radius 2 is 1.63 bits per heavy atom. The maximum absolute atomic E-state index is 12.5. The molecule has 7 heteroatoms. The number of hydrogen-bond acceptors (Lipinski definition) is 6. The molecule has 1 saturated carbocycles. The first-order valence-electron chi connectivity index (χ1n) is 12.8. The Balaban J connectivity index is 1.13. The van der Waals surface area contributed by atoms with Gasteiger partial charge in [-0.1, -0.05) is 60.2 Å². The molecule has 184 valence electrons. The topological polar surface area (TPSA) is 69.5 Å². The Morgan fingerprint density at radius 1 is 0.914 bits per heavy atom. The summed E-state index contributed by atoms with van der Waals surface area (Å²) < 4.78 is 13.3. The van der Waals surface area contributed by atoms with Crippen molar-refractivity contribution in [1.29, 1.82) is 0 Å². The zero-order valence-corrected chi connectivity index (χ0v) is 20.2. The summed E-state index contributed by atoms with van der Waals surface area (Å²) >= 11 is 0. The number of para-hydroxylation sites is 1. The summed E-state index contributed by atoms with van der Waals surface area (Å²) in [4.78, 5) is 14.9. The van der Waals surface area contributed by atoms with Gasteiger partial charge in [0.2, 0.25) is 0 Å². The van der Waals surface area contributed by atoms with Crippen LogP contribution in [0.2, 0.25) is 0 Å². The second kappa shape index (κ2) is 11.5. The van der Waals surface area contributed by atoms with Crippen molar-refractivity contribution in [3.8, 4) is 5.75 Å². The highest BCUT2D eigenvalue weighted by molar-refractivity contribution is 5.71. The molecule has 1 aliphatic heterocycles. The third kappa shape index (κ3) is 6.28. The number of rotatable bonds is 8. The average Bonchev–Trinajstić information content (AvgIpc) is 3.37. The van der Waals surface area contributed by atoms with E-state index < -0.39 is 0 Å². The van der Waals surface area contributed by atoms with Gasteiger partial charge in [-0.2, -0.15) is 0 Å². The fourth-order valence-electron chi connectivity index (χ4n) is 5.31. The first-order chi connectivity index (χ1) is 17.2. The molecule has 35 heavy (non-hydrogen) atoms. The molecule has 0 radical (unpaired) electrons. The third-order valence-corrected chi connectivity index (χ3v) is 7.19. The Bertz CT molecular complexity index is 1060. The number of carbonyl (C=O) groups excluding carboxylic acids is 1. The van der Waals surface area contributed by atoms with Crippen LogP contribution >= 0.6 is 0 Å². The van der Waals surface area contributed by atoms with Gasteiger partial charge in [0.05, 0.1) is 17.9 Å². The van der Waals surface area contributed by atoms with Gasteiger partial charge < -0.3 is 9.47 Å². The summed E-state index contributed by atoms with van der Waals surface area (Å²) in [6.07, 6.45) is 8.10. The number of esters is 1. The molecule has 1 aliphatic carbocycles. The van der Waals surface area contributed by atoms with Crippen LogP contribution in [-0.4, -0.2) is 51.7 Å². The predicted octanol–water partition coefficient (Wildman–Crippen LogP) is 4.76. The second-order valence-corrected chi connectivity index (χ2v) is 9.63. The van der Waals surface area contributed by atoms with Crippen LogP contribution in [0.4, 0.5) is 0 Å².